The molecule has 1 N–H and O–H groups in total. The topological polar surface area (TPSA) is 72.5 Å². The van der Waals surface area contributed by atoms with Crippen molar-refractivity contribution < 1.29 is 22.3 Å². The summed E-state index contributed by atoms with van der Waals surface area (Å²) in [6.45, 7) is 0. The quantitative estimate of drug-likeness (QED) is 0.866. The second-order valence-corrected chi connectivity index (χ2v) is 6.34. The summed E-state index contributed by atoms with van der Waals surface area (Å²) in [5.74, 6) is -1.23. The minimum absolute atomic E-state index is 0.170. The summed E-state index contributed by atoms with van der Waals surface area (Å²) in [6, 6.07) is 8.75. The molecule has 0 aliphatic heterocycles. The number of hydrogen-bond donors (Lipinski definition) is 1. The van der Waals surface area contributed by atoms with Gasteiger partial charge in [-0.3, -0.25) is 4.72 Å². The third-order valence-electron chi connectivity index (χ3n) is 2.76. The van der Waals surface area contributed by atoms with E-state index >= 15 is 0 Å². The lowest BCUT2D eigenvalue weighted by atomic mass is 10.2. The maximum Gasteiger partial charge on any atom is 0.337 e. The molecule has 2 aromatic rings. The van der Waals surface area contributed by atoms with E-state index in [9.17, 15) is 17.6 Å². The highest BCUT2D eigenvalue weighted by molar-refractivity contribution is 7.92. The largest absolute Gasteiger partial charge is 0.465 e. The standard InChI is InChI=1S/C14H11ClFNO4S/c1-21-14(18)9-2-4-10(5-3-9)17-22(19,20)11-6-7-13(16)12(15)8-11/h2-8,17H,1H3. The van der Waals surface area contributed by atoms with Crippen molar-refractivity contribution in [3.8, 4) is 0 Å². The van der Waals surface area contributed by atoms with Crippen LogP contribution in [-0.2, 0) is 14.8 Å². The fourth-order valence-electron chi connectivity index (χ4n) is 1.65. The highest BCUT2D eigenvalue weighted by Gasteiger charge is 2.16. The molecule has 0 aliphatic rings. The van der Waals surface area contributed by atoms with Crippen molar-refractivity contribution in [3.63, 3.8) is 0 Å². The smallest absolute Gasteiger partial charge is 0.337 e. The Balaban J connectivity index is 2.25. The van der Waals surface area contributed by atoms with Crippen molar-refractivity contribution in [2.24, 2.45) is 0 Å². The van der Waals surface area contributed by atoms with Crippen molar-refractivity contribution in [3.05, 3.63) is 58.9 Å². The molecule has 116 valence electrons. The van der Waals surface area contributed by atoms with Gasteiger partial charge in [0.1, 0.15) is 5.82 Å². The number of rotatable bonds is 4. The summed E-state index contributed by atoms with van der Waals surface area (Å²) in [5, 5.41) is -0.288. The molecular weight excluding hydrogens is 333 g/mol. The van der Waals surface area contributed by atoms with Gasteiger partial charge >= 0.3 is 5.97 Å². The van der Waals surface area contributed by atoms with Crippen LogP contribution >= 0.6 is 11.6 Å². The predicted octanol–water partition coefficient (Wildman–Crippen LogP) is 3.07. The lowest BCUT2D eigenvalue weighted by molar-refractivity contribution is 0.0601. The second-order valence-electron chi connectivity index (χ2n) is 4.25. The van der Waals surface area contributed by atoms with Gasteiger partial charge in [0.05, 0.1) is 22.6 Å². The molecule has 8 heteroatoms. The monoisotopic (exact) mass is 343 g/mol. The van der Waals surface area contributed by atoms with Gasteiger partial charge in [-0.25, -0.2) is 17.6 Å². The number of methoxy groups -OCH3 is 1. The molecule has 0 radical (unpaired) electrons. The number of halogens is 2. The maximum atomic E-state index is 13.1. The van der Waals surface area contributed by atoms with E-state index in [0.29, 0.717) is 0 Å². The van der Waals surface area contributed by atoms with Gasteiger partial charge in [-0.05, 0) is 42.5 Å². The van der Waals surface area contributed by atoms with E-state index in [1.165, 1.54) is 31.4 Å². The number of benzene rings is 2. The van der Waals surface area contributed by atoms with Crippen LogP contribution in [0.1, 0.15) is 10.4 Å². The van der Waals surface area contributed by atoms with Crippen LogP contribution in [0.3, 0.4) is 0 Å². The molecule has 0 saturated carbocycles. The van der Waals surface area contributed by atoms with Crippen LogP contribution in [0, 0.1) is 5.82 Å². The summed E-state index contributed by atoms with van der Waals surface area (Å²) < 4.78 is 44.2. The Bertz CT molecular complexity index is 806. The number of carbonyl (C=O) groups excluding carboxylic acids is 1. The van der Waals surface area contributed by atoms with Crippen LogP contribution in [0.2, 0.25) is 5.02 Å². The number of carbonyl (C=O) groups is 1. The van der Waals surface area contributed by atoms with Crippen molar-refractivity contribution >= 4 is 33.3 Å². The summed E-state index contributed by atoms with van der Waals surface area (Å²) >= 11 is 5.58. The average molecular weight is 344 g/mol. The minimum Gasteiger partial charge on any atom is -0.465 e. The highest BCUT2D eigenvalue weighted by atomic mass is 35.5. The van der Waals surface area contributed by atoms with Crippen molar-refractivity contribution in [2.45, 2.75) is 4.90 Å². The van der Waals surface area contributed by atoms with E-state index in [1.54, 1.807) is 0 Å². The Morgan fingerprint density at radius 1 is 1.18 bits per heavy atom. The van der Waals surface area contributed by atoms with E-state index in [4.69, 9.17) is 11.6 Å². The number of hydrogen-bond acceptors (Lipinski definition) is 4. The van der Waals surface area contributed by atoms with Gasteiger partial charge in [0.25, 0.3) is 10.0 Å². The molecule has 0 fully saturated rings. The molecule has 2 aromatic carbocycles. The molecule has 0 spiro atoms. The van der Waals surface area contributed by atoms with Crippen LogP contribution in [0.25, 0.3) is 0 Å². The zero-order valence-corrected chi connectivity index (χ0v) is 12.9. The van der Waals surface area contributed by atoms with Gasteiger partial charge in [0.2, 0.25) is 0 Å². The zero-order valence-electron chi connectivity index (χ0n) is 11.3. The van der Waals surface area contributed by atoms with E-state index in [0.717, 1.165) is 18.2 Å². The lowest BCUT2D eigenvalue weighted by Crippen LogP contribution is -2.13. The van der Waals surface area contributed by atoms with E-state index < -0.39 is 21.8 Å². The van der Waals surface area contributed by atoms with Crippen LogP contribution in [0.15, 0.2) is 47.4 Å². The van der Waals surface area contributed by atoms with Gasteiger partial charge in [0, 0.05) is 5.69 Å². The Kier molecular flexibility index (Phi) is 4.68. The minimum atomic E-state index is -3.91. The fourth-order valence-corrected chi connectivity index (χ4v) is 2.98. The molecule has 0 heterocycles. The Morgan fingerprint density at radius 2 is 1.82 bits per heavy atom. The predicted molar refractivity (Wildman–Crippen MR) is 80.0 cm³/mol. The van der Waals surface area contributed by atoms with Crippen molar-refractivity contribution in [1.82, 2.24) is 0 Å². The Morgan fingerprint density at radius 3 is 2.36 bits per heavy atom. The molecule has 0 aliphatic carbocycles. The van der Waals surface area contributed by atoms with E-state index in [1.807, 2.05) is 0 Å². The van der Waals surface area contributed by atoms with Gasteiger partial charge in [0.15, 0.2) is 0 Å². The van der Waals surface area contributed by atoms with Gasteiger partial charge in [-0.15, -0.1) is 0 Å². The third-order valence-corrected chi connectivity index (χ3v) is 4.43. The number of ether oxygens (including phenoxy) is 1. The Hall–Kier alpha value is -2.12. The molecule has 0 aromatic heterocycles. The van der Waals surface area contributed by atoms with Crippen LogP contribution < -0.4 is 4.72 Å². The van der Waals surface area contributed by atoms with E-state index in [2.05, 4.69) is 9.46 Å². The van der Waals surface area contributed by atoms with E-state index in [-0.39, 0.29) is 21.2 Å². The first kappa shape index (κ1) is 16.3. The zero-order chi connectivity index (χ0) is 16.3. The number of sulfonamides is 1. The summed E-state index contributed by atoms with van der Waals surface area (Å²) in [6.07, 6.45) is 0. The first-order valence-corrected chi connectivity index (χ1v) is 7.86. The molecule has 0 atom stereocenters. The number of esters is 1. The normalized spacial score (nSPS) is 11.0. The molecular formula is C14H11ClFNO4S. The van der Waals surface area contributed by atoms with Crippen molar-refractivity contribution in [2.75, 3.05) is 11.8 Å². The molecule has 22 heavy (non-hydrogen) atoms. The summed E-state index contributed by atoms with van der Waals surface area (Å²) in [7, 11) is -2.66. The molecule has 0 saturated heterocycles. The molecule has 0 amide bonds. The van der Waals surface area contributed by atoms with Crippen LogP contribution in [-0.4, -0.2) is 21.5 Å². The number of anilines is 1. The van der Waals surface area contributed by atoms with Gasteiger partial charge in [-0.1, -0.05) is 11.6 Å². The number of nitrogens with one attached hydrogen (secondary N) is 1. The first-order chi connectivity index (χ1) is 10.3. The SMILES string of the molecule is COC(=O)c1ccc(NS(=O)(=O)c2ccc(F)c(Cl)c2)cc1. The molecule has 0 unspecified atom stereocenters. The average Bonchev–Trinajstić information content (AvgIpc) is 2.49. The van der Waals surface area contributed by atoms with Gasteiger partial charge in [-0.2, -0.15) is 0 Å². The summed E-state index contributed by atoms with van der Waals surface area (Å²) in [4.78, 5) is 11.1. The van der Waals surface area contributed by atoms with Crippen LogP contribution in [0.4, 0.5) is 10.1 Å². The molecule has 5 nitrogen and oxygen atoms in total. The molecule has 0 bridgehead atoms. The lowest BCUT2D eigenvalue weighted by Gasteiger charge is -2.09. The summed E-state index contributed by atoms with van der Waals surface area (Å²) in [5.41, 5.74) is 0.531. The highest BCUT2D eigenvalue weighted by Crippen LogP contribution is 2.22. The van der Waals surface area contributed by atoms with Crippen molar-refractivity contribution in [1.29, 1.82) is 0 Å². The second kappa shape index (κ2) is 6.33. The van der Waals surface area contributed by atoms with Gasteiger partial charge < -0.3 is 4.74 Å². The third kappa shape index (κ3) is 3.55. The molecule has 2 rings (SSSR count). The first-order valence-electron chi connectivity index (χ1n) is 6.00. The fraction of sp³-hybridized carbons (Fsp3) is 0.0714. The Labute approximate surface area is 131 Å². The maximum absolute atomic E-state index is 13.1. The van der Waals surface area contributed by atoms with Crippen LogP contribution in [0.5, 0.6) is 0 Å².